The second kappa shape index (κ2) is 9.46. The van der Waals surface area contributed by atoms with Crippen LogP contribution in [0.4, 0.5) is 0 Å². The zero-order chi connectivity index (χ0) is 20.8. The number of pyridine rings is 1. The van der Waals surface area contributed by atoms with Crippen molar-refractivity contribution in [3.8, 4) is 0 Å². The molecule has 0 saturated heterocycles. The van der Waals surface area contributed by atoms with Gasteiger partial charge in [0.1, 0.15) is 15.7 Å². The number of ether oxygens (including phenoxy) is 1. The third-order valence-electron chi connectivity index (χ3n) is 4.25. The van der Waals surface area contributed by atoms with E-state index in [0.717, 1.165) is 16.5 Å². The Morgan fingerprint density at radius 1 is 1.38 bits per heavy atom. The van der Waals surface area contributed by atoms with E-state index in [1.54, 1.807) is 14.0 Å². The van der Waals surface area contributed by atoms with E-state index < -0.39 is 0 Å². The zero-order valence-corrected chi connectivity index (χ0v) is 17.8. The van der Waals surface area contributed by atoms with Crippen LogP contribution in [-0.4, -0.2) is 51.7 Å². The molecule has 154 valence electrons. The van der Waals surface area contributed by atoms with Crippen molar-refractivity contribution in [2.24, 2.45) is 4.99 Å². The highest BCUT2D eigenvalue weighted by Crippen LogP contribution is 2.24. The van der Waals surface area contributed by atoms with Crippen LogP contribution in [0.25, 0.3) is 5.65 Å². The molecular weight excluding hydrogens is 390 g/mol. The van der Waals surface area contributed by atoms with Crippen LogP contribution < -0.4 is 10.6 Å². The molecular formula is C19H25N7O2S. The maximum absolute atomic E-state index is 12.0. The van der Waals surface area contributed by atoms with Gasteiger partial charge in [-0.15, -0.1) is 21.5 Å². The van der Waals surface area contributed by atoms with E-state index in [2.05, 4.69) is 30.8 Å². The number of aromatic nitrogens is 4. The number of thiazole rings is 1. The first-order valence-electron chi connectivity index (χ1n) is 9.43. The molecule has 0 fully saturated rings. The Labute approximate surface area is 173 Å². The van der Waals surface area contributed by atoms with Crippen molar-refractivity contribution in [1.29, 1.82) is 0 Å². The van der Waals surface area contributed by atoms with Crippen molar-refractivity contribution < 1.29 is 9.53 Å². The predicted molar refractivity (Wildman–Crippen MR) is 112 cm³/mol. The van der Waals surface area contributed by atoms with Crippen LogP contribution in [0.1, 0.15) is 46.1 Å². The SMILES string of the molecule is CCOC(=O)c1sc(C(C)NC(=NC)NCCc2nnc3ccccn23)nc1C. The van der Waals surface area contributed by atoms with Crippen LogP contribution in [0.15, 0.2) is 29.4 Å². The number of nitrogens with zero attached hydrogens (tertiary/aromatic N) is 5. The van der Waals surface area contributed by atoms with Gasteiger partial charge in [0, 0.05) is 26.2 Å². The smallest absolute Gasteiger partial charge is 0.350 e. The lowest BCUT2D eigenvalue weighted by Gasteiger charge is -2.16. The van der Waals surface area contributed by atoms with E-state index in [9.17, 15) is 4.79 Å². The summed E-state index contributed by atoms with van der Waals surface area (Å²) < 4.78 is 7.05. The first kappa shape index (κ1) is 20.7. The number of esters is 1. The summed E-state index contributed by atoms with van der Waals surface area (Å²) in [6, 6.07) is 5.71. The minimum Gasteiger partial charge on any atom is -0.462 e. The molecule has 0 radical (unpaired) electrons. The van der Waals surface area contributed by atoms with Gasteiger partial charge in [-0.05, 0) is 32.9 Å². The molecule has 0 aliphatic heterocycles. The Morgan fingerprint density at radius 3 is 2.97 bits per heavy atom. The largest absolute Gasteiger partial charge is 0.462 e. The van der Waals surface area contributed by atoms with Crippen LogP contribution in [0.3, 0.4) is 0 Å². The lowest BCUT2D eigenvalue weighted by Crippen LogP contribution is -2.39. The van der Waals surface area contributed by atoms with Gasteiger partial charge in [0.2, 0.25) is 0 Å². The average molecular weight is 416 g/mol. The molecule has 9 nitrogen and oxygen atoms in total. The minimum absolute atomic E-state index is 0.109. The van der Waals surface area contributed by atoms with Gasteiger partial charge in [-0.25, -0.2) is 9.78 Å². The fourth-order valence-corrected chi connectivity index (χ4v) is 3.77. The van der Waals surface area contributed by atoms with Gasteiger partial charge in [-0.3, -0.25) is 9.39 Å². The Kier molecular flexibility index (Phi) is 6.76. The molecule has 1 unspecified atom stereocenters. The van der Waals surface area contributed by atoms with Crippen molar-refractivity contribution in [2.75, 3.05) is 20.2 Å². The van der Waals surface area contributed by atoms with Gasteiger partial charge < -0.3 is 15.4 Å². The van der Waals surface area contributed by atoms with Crippen LogP contribution >= 0.6 is 11.3 Å². The molecule has 0 aliphatic carbocycles. The molecule has 0 aliphatic rings. The van der Waals surface area contributed by atoms with E-state index in [1.165, 1.54) is 11.3 Å². The van der Waals surface area contributed by atoms with E-state index >= 15 is 0 Å². The number of carbonyl (C=O) groups excluding carboxylic acids is 1. The fourth-order valence-electron chi connectivity index (χ4n) is 2.80. The molecule has 0 aromatic carbocycles. The third-order valence-corrected chi connectivity index (χ3v) is 5.57. The van der Waals surface area contributed by atoms with Crippen molar-refractivity contribution in [1.82, 2.24) is 30.2 Å². The first-order valence-corrected chi connectivity index (χ1v) is 10.2. The molecule has 3 aromatic heterocycles. The van der Waals surface area contributed by atoms with Gasteiger partial charge in [0.15, 0.2) is 11.6 Å². The number of fused-ring (bicyclic) bond motifs is 1. The van der Waals surface area contributed by atoms with E-state index in [-0.39, 0.29) is 12.0 Å². The molecule has 3 rings (SSSR count). The van der Waals surface area contributed by atoms with Crippen LogP contribution in [0, 0.1) is 6.92 Å². The number of guanidine groups is 1. The highest BCUT2D eigenvalue weighted by molar-refractivity contribution is 7.13. The average Bonchev–Trinajstić information content (AvgIpc) is 3.31. The summed E-state index contributed by atoms with van der Waals surface area (Å²) >= 11 is 1.34. The normalized spacial score (nSPS) is 12.8. The molecule has 1 atom stereocenters. The van der Waals surface area contributed by atoms with E-state index in [0.29, 0.717) is 36.1 Å². The molecule has 3 aromatic rings. The quantitative estimate of drug-likeness (QED) is 0.346. The fraction of sp³-hybridized carbons (Fsp3) is 0.421. The molecule has 0 saturated carbocycles. The second-order valence-electron chi connectivity index (χ2n) is 6.35. The van der Waals surface area contributed by atoms with Gasteiger partial charge in [-0.1, -0.05) is 6.07 Å². The molecule has 0 bridgehead atoms. The van der Waals surface area contributed by atoms with Gasteiger partial charge >= 0.3 is 5.97 Å². The summed E-state index contributed by atoms with van der Waals surface area (Å²) in [4.78, 5) is 21.3. The van der Waals surface area contributed by atoms with Gasteiger partial charge in [0.05, 0.1) is 18.3 Å². The van der Waals surface area contributed by atoms with Crippen LogP contribution in [0.2, 0.25) is 0 Å². The number of rotatable bonds is 7. The number of hydrogen-bond donors (Lipinski definition) is 2. The highest BCUT2D eigenvalue weighted by Gasteiger charge is 2.20. The monoisotopic (exact) mass is 415 g/mol. The number of hydrogen-bond acceptors (Lipinski definition) is 7. The Bertz CT molecular complexity index is 1010. The van der Waals surface area contributed by atoms with Crippen molar-refractivity contribution in [2.45, 2.75) is 33.2 Å². The summed E-state index contributed by atoms with van der Waals surface area (Å²) in [5.41, 5.74) is 1.51. The van der Waals surface area contributed by atoms with Gasteiger partial charge in [-0.2, -0.15) is 0 Å². The van der Waals surface area contributed by atoms with E-state index in [1.807, 2.05) is 42.6 Å². The summed E-state index contributed by atoms with van der Waals surface area (Å²) in [5, 5.41) is 15.8. The lowest BCUT2D eigenvalue weighted by atomic mass is 10.3. The standard InChI is InChI=1S/C19H25N7O2S/c1-5-28-18(27)16-12(2)22-17(29-16)13(3)23-19(20-4)21-10-9-15-25-24-14-8-6-7-11-26(14)15/h6-8,11,13H,5,9-10H2,1-4H3,(H2,20,21,23). The summed E-state index contributed by atoms with van der Waals surface area (Å²) in [5.74, 6) is 1.20. The Balaban J connectivity index is 1.57. The van der Waals surface area contributed by atoms with Crippen LogP contribution in [-0.2, 0) is 11.2 Å². The minimum atomic E-state index is -0.330. The maximum atomic E-state index is 12.0. The molecule has 3 heterocycles. The highest BCUT2D eigenvalue weighted by atomic mass is 32.1. The van der Waals surface area contributed by atoms with Crippen molar-refractivity contribution >= 4 is 28.9 Å². The van der Waals surface area contributed by atoms with Crippen molar-refractivity contribution in [3.05, 3.63) is 45.8 Å². The number of aliphatic imine (C=N–C) groups is 1. The summed E-state index contributed by atoms with van der Waals surface area (Å²) in [6.07, 6.45) is 2.65. The first-order chi connectivity index (χ1) is 14.0. The zero-order valence-electron chi connectivity index (χ0n) is 17.0. The molecule has 2 N–H and O–H groups in total. The molecule has 10 heteroatoms. The predicted octanol–water partition coefficient (Wildman–Crippen LogP) is 2.14. The maximum Gasteiger partial charge on any atom is 0.350 e. The Hall–Kier alpha value is -3.01. The van der Waals surface area contributed by atoms with Crippen LogP contribution in [0.5, 0.6) is 0 Å². The van der Waals surface area contributed by atoms with Gasteiger partial charge in [0.25, 0.3) is 0 Å². The molecule has 0 spiro atoms. The van der Waals surface area contributed by atoms with Crippen molar-refractivity contribution in [3.63, 3.8) is 0 Å². The molecule has 29 heavy (non-hydrogen) atoms. The number of aryl methyl sites for hydroxylation is 1. The summed E-state index contributed by atoms with van der Waals surface area (Å²) in [6.45, 7) is 6.57. The number of carbonyl (C=O) groups is 1. The third kappa shape index (κ3) is 4.89. The molecule has 0 amide bonds. The summed E-state index contributed by atoms with van der Waals surface area (Å²) in [7, 11) is 1.71. The topological polar surface area (TPSA) is 106 Å². The second-order valence-corrected chi connectivity index (χ2v) is 7.38. The lowest BCUT2D eigenvalue weighted by molar-refractivity contribution is 0.0531. The number of nitrogens with one attached hydrogen (secondary N) is 2. The van der Waals surface area contributed by atoms with E-state index in [4.69, 9.17) is 4.74 Å². The Morgan fingerprint density at radius 2 is 2.21 bits per heavy atom.